The van der Waals surface area contributed by atoms with E-state index in [0.29, 0.717) is 31.8 Å². The number of benzene rings is 2. The standard InChI is InChI=1S/C30H44N4O4.ClH/c1-20(2)17-31-18-24(35)19-32-27(36)25(16-21-12-13-22-9-6-7-10-23(22)15-21)33-28(37)26-11-8-14-34(26)29(38)30(3,4)5;/h6-7,9-10,12-13,15,20,24-26,31,35H,8,11,14,16-19H2,1-5H3,(H,32,36)(H,33,37);1H/t24-,25-,26+;/m1./s1. The minimum absolute atomic E-state index is 0. The SMILES string of the molecule is CC(C)CNC[C@@H](O)CNC(=O)[C@@H](Cc1ccc2ccccc2c1)NC(=O)[C@@H]1CCCN1C(=O)C(C)(C)C.Cl. The van der Waals surface area contributed by atoms with Gasteiger partial charge in [-0.1, -0.05) is 77.1 Å². The number of rotatable bonds is 11. The molecule has 3 amide bonds. The largest absolute Gasteiger partial charge is 0.390 e. The lowest BCUT2D eigenvalue weighted by Gasteiger charge is -2.31. The maximum absolute atomic E-state index is 13.4. The lowest BCUT2D eigenvalue weighted by molar-refractivity contribution is -0.145. The van der Waals surface area contributed by atoms with E-state index < -0.39 is 23.6 Å². The van der Waals surface area contributed by atoms with Crippen molar-refractivity contribution in [2.75, 3.05) is 26.2 Å². The van der Waals surface area contributed by atoms with Crippen LogP contribution in [0.4, 0.5) is 0 Å². The van der Waals surface area contributed by atoms with Crippen LogP contribution in [0.1, 0.15) is 53.0 Å². The quantitative estimate of drug-likeness (QED) is 0.338. The fraction of sp³-hybridized carbons (Fsp3) is 0.567. The first-order chi connectivity index (χ1) is 18.0. The Kier molecular flexibility index (Phi) is 12.2. The molecule has 0 unspecified atom stereocenters. The van der Waals surface area contributed by atoms with Crippen molar-refractivity contribution in [3.8, 4) is 0 Å². The van der Waals surface area contributed by atoms with Gasteiger partial charge in [-0.3, -0.25) is 14.4 Å². The van der Waals surface area contributed by atoms with Gasteiger partial charge in [0.2, 0.25) is 17.7 Å². The lowest BCUT2D eigenvalue weighted by Crippen LogP contribution is -2.55. The molecule has 0 spiro atoms. The van der Waals surface area contributed by atoms with Crippen LogP contribution in [0.25, 0.3) is 10.8 Å². The molecule has 4 N–H and O–H groups in total. The Bertz CT molecular complexity index is 1120. The van der Waals surface area contributed by atoms with Crippen molar-refractivity contribution < 1.29 is 19.5 Å². The summed E-state index contributed by atoms with van der Waals surface area (Å²) in [4.78, 5) is 41.3. The molecule has 3 atom stereocenters. The second-order valence-corrected chi connectivity index (χ2v) is 11.8. The van der Waals surface area contributed by atoms with Gasteiger partial charge in [0.15, 0.2) is 0 Å². The molecule has 2 aromatic carbocycles. The van der Waals surface area contributed by atoms with E-state index in [2.05, 4.69) is 29.8 Å². The molecule has 0 aromatic heterocycles. The second kappa shape index (κ2) is 14.6. The van der Waals surface area contributed by atoms with Crippen LogP contribution < -0.4 is 16.0 Å². The van der Waals surface area contributed by atoms with E-state index in [-0.39, 0.29) is 36.7 Å². The minimum Gasteiger partial charge on any atom is -0.390 e. The molecule has 1 fully saturated rings. The summed E-state index contributed by atoms with van der Waals surface area (Å²) in [5.74, 6) is -0.289. The van der Waals surface area contributed by atoms with Crippen molar-refractivity contribution in [3.63, 3.8) is 0 Å². The van der Waals surface area contributed by atoms with Gasteiger partial charge in [0.05, 0.1) is 6.10 Å². The third-order valence-corrected chi connectivity index (χ3v) is 6.79. The average molecular weight is 561 g/mol. The van der Waals surface area contributed by atoms with Gasteiger partial charge >= 0.3 is 0 Å². The zero-order valence-electron chi connectivity index (χ0n) is 23.8. The van der Waals surface area contributed by atoms with Gasteiger partial charge < -0.3 is 26.0 Å². The molecule has 39 heavy (non-hydrogen) atoms. The fourth-order valence-corrected chi connectivity index (χ4v) is 4.74. The maximum Gasteiger partial charge on any atom is 0.243 e. The molecule has 3 rings (SSSR count). The Hall–Kier alpha value is -2.68. The predicted molar refractivity (Wildman–Crippen MR) is 158 cm³/mol. The zero-order chi connectivity index (χ0) is 27.9. The molecule has 1 aliphatic heterocycles. The van der Waals surface area contributed by atoms with Crippen LogP contribution in [0.3, 0.4) is 0 Å². The normalized spacial score (nSPS) is 17.0. The molecule has 0 aliphatic carbocycles. The smallest absolute Gasteiger partial charge is 0.243 e. The summed E-state index contributed by atoms with van der Waals surface area (Å²) in [6.45, 7) is 11.5. The summed E-state index contributed by atoms with van der Waals surface area (Å²) in [5, 5.41) is 21.4. The van der Waals surface area contributed by atoms with Gasteiger partial charge in [0.1, 0.15) is 12.1 Å². The van der Waals surface area contributed by atoms with Crippen molar-refractivity contribution in [1.82, 2.24) is 20.9 Å². The van der Waals surface area contributed by atoms with Crippen molar-refractivity contribution in [1.29, 1.82) is 0 Å². The van der Waals surface area contributed by atoms with Gasteiger partial charge in [0, 0.05) is 31.5 Å². The number of carbonyl (C=O) groups excluding carboxylic acids is 3. The monoisotopic (exact) mass is 560 g/mol. The molecular weight excluding hydrogens is 516 g/mol. The summed E-state index contributed by atoms with van der Waals surface area (Å²) in [5.41, 5.74) is 0.321. The number of amides is 3. The Labute approximate surface area is 238 Å². The minimum atomic E-state index is -0.841. The highest BCUT2D eigenvalue weighted by molar-refractivity contribution is 5.93. The predicted octanol–water partition coefficient (Wildman–Crippen LogP) is 3.05. The number of nitrogens with zero attached hydrogens (tertiary/aromatic N) is 1. The number of hydrogen-bond donors (Lipinski definition) is 4. The van der Waals surface area contributed by atoms with E-state index in [1.165, 1.54) is 0 Å². The average Bonchev–Trinajstić information content (AvgIpc) is 3.35. The van der Waals surface area contributed by atoms with Crippen molar-refractivity contribution in [3.05, 3.63) is 48.0 Å². The van der Waals surface area contributed by atoms with Crippen LogP contribution in [0.5, 0.6) is 0 Å². The number of fused-ring (bicyclic) bond motifs is 1. The molecule has 1 saturated heterocycles. The highest BCUT2D eigenvalue weighted by Gasteiger charge is 2.39. The van der Waals surface area contributed by atoms with Gasteiger partial charge in [-0.2, -0.15) is 0 Å². The number of likely N-dealkylation sites (tertiary alicyclic amines) is 1. The molecule has 1 aliphatic rings. The Morgan fingerprint density at radius 1 is 1.03 bits per heavy atom. The van der Waals surface area contributed by atoms with E-state index in [1.807, 2.05) is 63.2 Å². The van der Waals surface area contributed by atoms with E-state index in [0.717, 1.165) is 29.3 Å². The summed E-state index contributed by atoms with van der Waals surface area (Å²) in [6, 6.07) is 12.5. The molecular formula is C30H45ClN4O4. The Morgan fingerprint density at radius 3 is 2.38 bits per heavy atom. The molecule has 2 aromatic rings. The Morgan fingerprint density at radius 2 is 1.72 bits per heavy atom. The Balaban J connectivity index is 0.00000533. The van der Waals surface area contributed by atoms with Crippen LogP contribution in [-0.2, 0) is 20.8 Å². The molecule has 8 nitrogen and oxygen atoms in total. The number of nitrogens with one attached hydrogen (secondary N) is 3. The van der Waals surface area contributed by atoms with Crippen LogP contribution in [-0.4, -0.2) is 72.1 Å². The van der Waals surface area contributed by atoms with Crippen molar-refractivity contribution in [2.45, 2.75) is 72.1 Å². The van der Waals surface area contributed by atoms with Crippen LogP contribution in [0, 0.1) is 11.3 Å². The molecule has 0 radical (unpaired) electrons. The topological polar surface area (TPSA) is 111 Å². The summed E-state index contributed by atoms with van der Waals surface area (Å²) >= 11 is 0. The second-order valence-electron chi connectivity index (χ2n) is 11.8. The molecule has 9 heteroatoms. The van der Waals surface area contributed by atoms with Crippen molar-refractivity contribution >= 4 is 40.9 Å². The van der Waals surface area contributed by atoms with Crippen LogP contribution in [0.2, 0.25) is 0 Å². The third-order valence-electron chi connectivity index (χ3n) is 6.79. The van der Waals surface area contributed by atoms with E-state index in [4.69, 9.17) is 0 Å². The highest BCUT2D eigenvalue weighted by atomic mass is 35.5. The third kappa shape index (κ3) is 9.48. The number of halogens is 1. The molecule has 1 heterocycles. The number of aliphatic hydroxyl groups is 1. The lowest BCUT2D eigenvalue weighted by atomic mass is 9.94. The van der Waals surface area contributed by atoms with Crippen molar-refractivity contribution in [2.24, 2.45) is 11.3 Å². The number of carbonyl (C=O) groups is 3. The van der Waals surface area contributed by atoms with Crippen LogP contribution in [0.15, 0.2) is 42.5 Å². The van der Waals surface area contributed by atoms with E-state index in [9.17, 15) is 19.5 Å². The summed E-state index contributed by atoms with van der Waals surface area (Å²) < 4.78 is 0. The highest BCUT2D eigenvalue weighted by Crippen LogP contribution is 2.26. The molecule has 0 bridgehead atoms. The van der Waals surface area contributed by atoms with Crippen LogP contribution >= 0.6 is 12.4 Å². The van der Waals surface area contributed by atoms with E-state index in [1.54, 1.807) is 4.90 Å². The molecule has 216 valence electrons. The van der Waals surface area contributed by atoms with Gasteiger partial charge in [-0.25, -0.2) is 0 Å². The number of aliphatic hydroxyl groups excluding tert-OH is 1. The van der Waals surface area contributed by atoms with Gasteiger partial charge in [-0.05, 0) is 41.6 Å². The van der Waals surface area contributed by atoms with Gasteiger partial charge in [-0.15, -0.1) is 12.4 Å². The fourth-order valence-electron chi connectivity index (χ4n) is 4.74. The van der Waals surface area contributed by atoms with E-state index >= 15 is 0 Å². The summed E-state index contributed by atoms with van der Waals surface area (Å²) in [7, 11) is 0. The first kappa shape index (κ1) is 32.5. The first-order valence-electron chi connectivity index (χ1n) is 13.7. The number of hydrogen-bond acceptors (Lipinski definition) is 5. The zero-order valence-corrected chi connectivity index (χ0v) is 24.6. The first-order valence-corrected chi connectivity index (χ1v) is 13.7. The maximum atomic E-state index is 13.4. The molecule has 0 saturated carbocycles. The van der Waals surface area contributed by atoms with Gasteiger partial charge in [0.25, 0.3) is 0 Å². The summed E-state index contributed by atoms with van der Waals surface area (Å²) in [6.07, 6.45) is 0.864.